The van der Waals surface area contributed by atoms with Crippen molar-refractivity contribution in [1.29, 1.82) is 0 Å². The van der Waals surface area contributed by atoms with Gasteiger partial charge in [-0.1, -0.05) is 0 Å². The normalized spacial score (nSPS) is 11.0. The van der Waals surface area contributed by atoms with Gasteiger partial charge < -0.3 is 4.98 Å². The lowest BCUT2D eigenvalue weighted by molar-refractivity contribution is -0.115. The molecule has 2 rings (SSSR count). The Morgan fingerprint density at radius 1 is 1.26 bits per heavy atom. The predicted octanol–water partition coefficient (Wildman–Crippen LogP) is -0.0905. The number of rotatable bonds is 4. The van der Waals surface area contributed by atoms with Crippen LogP contribution in [0.25, 0.3) is 0 Å². The highest BCUT2D eigenvalue weighted by atomic mass is 32.2. The number of imidazole rings is 1. The summed E-state index contributed by atoms with van der Waals surface area (Å²) in [5, 5.41) is 0. The van der Waals surface area contributed by atoms with Crippen LogP contribution in [0.1, 0.15) is 6.92 Å². The summed E-state index contributed by atoms with van der Waals surface area (Å²) in [6.45, 7) is 1.10. The minimum atomic E-state index is -4.18. The van der Waals surface area contributed by atoms with Gasteiger partial charge in [0.15, 0.2) is 0 Å². The van der Waals surface area contributed by atoms with E-state index in [0.29, 0.717) is 4.31 Å². The number of anilines is 2. The largest absolute Gasteiger partial charge is 0.335 e. The van der Waals surface area contributed by atoms with E-state index in [1.54, 1.807) is 0 Å². The second-order valence-corrected chi connectivity index (χ2v) is 4.90. The Morgan fingerprint density at radius 3 is 2.47 bits per heavy atom. The highest BCUT2D eigenvalue weighted by Gasteiger charge is 2.29. The standard InChI is InChI=1S/C9H10N6O3S/c1-7(16)15(9-12-5-6-13-9)19(17,18)14-8-10-3-2-4-11-8/h2-6H,1H3,(H,12,13)(H,10,11,14). The first-order chi connectivity index (χ1) is 9.00. The van der Waals surface area contributed by atoms with Gasteiger partial charge in [0.25, 0.3) is 0 Å². The van der Waals surface area contributed by atoms with Crippen LogP contribution in [0.15, 0.2) is 30.9 Å². The molecule has 0 saturated carbocycles. The third-order valence-electron chi connectivity index (χ3n) is 1.99. The maximum Gasteiger partial charge on any atom is 0.335 e. The van der Waals surface area contributed by atoms with Crippen molar-refractivity contribution in [1.82, 2.24) is 19.9 Å². The fourth-order valence-corrected chi connectivity index (χ4v) is 2.41. The summed E-state index contributed by atoms with van der Waals surface area (Å²) in [5.41, 5.74) is 0. The summed E-state index contributed by atoms with van der Waals surface area (Å²) in [4.78, 5) is 25.2. The number of hydrogen-bond donors (Lipinski definition) is 2. The Balaban J connectivity index is 2.34. The van der Waals surface area contributed by atoms with Crippen LogP contribution in [-0.4, -0.2) is 34.3 Å². The lowest BCUT2D eigenvalue weighted by Gasteiger charge is -2.17. The van der Waals surface area contributed by atoms with Gasteiger partial charge in [-0.15, -0.1) is 0 Å². The first-order valence-corrected chi connectivity index (χ1v) is 6.55. The van der Waals surface area contributed by atoms with E-state index in [0.717, 1.165) is 6.92 Å². The minimum absolute atomic E-state index is 0.115. The molecule has 0 unspecified atom stereocenters. The molecule has 0 aliphatic rings. The third kappa shape index (κ3) is 2.85. The van der Waals surface area contributed by atoms with Crippen LogP contribution in [0.5, 0.6) is 0 Å². The molecule has 2 aromatic heterocycles. The Labute approximate surface area is 108 Å². The van der Waals surface area contributed by atoms with E-state index in [4.69, 9.17) is 0 Å². The van der Waals surface area contributed by atoms with E-state index >= 15 is 0 Å². The molecule has 19 heavy (non-hydrogen) atoms. The van der Waals surface area contributed by atoms with Gasteiger partial charge in [-0.05, 0) is 6.07 Å². The molecular weight excluding hydrogens is 272 g/mol. The molecule has 2 heterocycles. The van der Waals surface area contributed by atoms with Gasteiger partial charge in [0, 0.05) is 31.7 Å². The average molecular weight is 282 g/mol. The number of carbonyl (C=O) groups is 1. The minimum Gasteiger partial charge on any atom is -0.330 e. The molecule has 9 nitrogen and oxygen atoms in total. The molecule has 0 radical (unpaired) electrons. The van der Waals surface area contributed by atoms with Crippen LogP contribution in [0.4, 0.5) is 11.9 Å². The molecule has 0 spiro atoms. The van der Waals surface area contributed by atoms with Gasteiger partial charge in [0.1, 0.15) is 0 Å². The highest BCUT2D eigenvalue weighted by Crippen LogP contribution is 2.13. The van der Waals surface area contributed by atoms with Crippen LogP contribution in [0.3, 0.4) is 0 Å². The van der Waals surface area contributed by atoms with E-state index in [9.17, 15) is 13.2 Å². The van der Waals surface area contributed by atoms with Crippen molar-refractivity contribution in [3.05, 3.63) is 30.9 Å². The van der Waals surface area contributed by atoms with Gasteiger partial charge in [0.2, 0.25) is 17.8 Å². The first kappa shape index (κ1) is 13.0. The molecule has 10 heteroatoms. The zero-order valence-corrected chi connectivity index (χ0v) is 10.6. The average Bonchev–Trinajstić information content (AvgIpc) is 2.82. The Bertz CT molecular complexity index is 655. The molecule has 0 saturated heterocycles. The predicted molar refractivity (Wildman–Crippen MR) is 66.3 cm³/mol. The molecule has 2 aromatic rings. The second-order valence-electron chi connectivity index (χ2n) is 3.38. The Morgan fingerprint density at radius 2 is 1.95 bits per heavy atom. The number of nitrogens with zero attached hydrogens (tertiary/aromatic N) is 4. The number of aromatic nitrogens is 4. The van der Waals surface area contributed by atoms with Crippen molar-refractivity contribution in [3.63, 3.8) is 0 Å². The van der Waals surface area contributed by atoms with Crippen molar-refractivity contribution in [2.24, 2.45) is 0 Å². The van der Waals surface area contributed by atoms with E-state index in [2.05, 4.69) is 24.7 Å². The molecule has 0 atom stereocenters. The summed E-state index contributed by atoms with van der Waals surface area (Å²) in [6, 6.07) is 1.53. The summed E-state index contributed by atoms with van der Waals surface area (Å²) in [6.07, 6.45) is 5.48. The fraction of sp³-hybridized carbons (Fsp3) is 0.111. The SMILES string of the molecule is CC(=O)N(c1ncc[nH]1)S(=O)(=O)Nc1ncccn1. The van der Waals surface area contributed by atoms with E-state index in [-0.39, 0.29) is 11.9 Å². The molecular formula is C9H10N6O3S. The van der Waals surface area contributed by atoms with Gasteiger partial charge in [-0.2, -0.15) is 12.7 Å². The molecule has 0 aromatic carbocycles. The number of carbonyl (C=O) groups excluding carboxylic acids is 1. The molecule has 0 bridgehead atoms. The first-order valence-electron chi connectivity index (χ1n) is 5.11. The molecule has 0 aliphatic carbocycles. The van der Waals surface area contributed by atoms with Crippen LogP contribution in [-0.2, 0) is 15.0 Å². The maximum absolute atomic E-state index is 12.1. The summed E-state index contributed by atoms with van der Waals surface area (Å²) in [7, 11) is -4.18. The zero-order valence-electron chi connectivity index (χ0n) is 9.81. The smallest absolute Gasteiger partial charge is 0.330 e. The fourth-order valence-electron chi connectivity index (χ4n) is 1.31. The van der Waals surface area contributed by atoms with Crippen molar-refractivity contribution < 1.29 is 13.2 Å². The number of H-pyrrole nitrogens is 1. The van der Waals surface area contributed by atoms with Crippen LogP contribution < -0.4 is 9.03 Å². The van der Waals surface area contributed by atoms with E-state index in [1.807, 2.05) is 0 Å². The number of hydrogen-bond acceptors (Lipinski definition) is 6. The van der Waals surface area contributed by atoms with Crippen molar-refractivity contribution in [3.8, 4) is 0 Å². The van der Waals surface area contributed by atoms with Crippen LogP contribution in [0, 0.1) is 0 Å². The Kier molecular flexibility index (Phi) is 3.42. The molecule has 2 N–H and O–H groups in total. The maximum atomic E-state index is 12.1. The topological polar surface area (TPSA) is 121 Å². The lowest BCUT2D eigenvalue weighted by Crippen LogP contribution is -2.40. The molecule has 0 fully saturated rings. The van der Waals surface area contributed by atoms with Crippen LogP contribution in [0.2, 0.25) is 0 Å². The number of nitrogens with one attached hydrogen (secondary N) is 2. The van der Waals surface area contributed by atoms with Gasteiger partial charge in [-0.3, -0.25) is 4.79 Å². The molecule has 100 valence electrons. The van der Waals surface area contributed by atoms with Crippen molar-refractivity contribution in [2.45, 2.75) is 6.92 Å². The van der Waals surface area contributed by atoms with Crippen molar-refractivity contribution >= 4 is 28.0 Å². The lowest BCUT2D eigenvalue weighted by atomic mass is 10.7. The van der Waals surface area contributed by atoms with Crippen LogP contribution >= 0.6 is 0 Å². The van der Waals surface area contributed by atoms with E-state index < -0.39 is 16.1 Å². The second kappa shape index (κ2) is 5.02. The molecule has 1 amide bonds. The Hall–Kier alpha value is -2.49. The highest BCUT2D eigenvalue weighted by molar-refractivity contribution is 7.94. The number of amides is 1. The third-order valence-corrected chi connectivity index (χ3v) is 3.34. The monoisotopic (exact) mass is 282 g/mol. The zero-order chi connectivity index (χ0) is 13.9. The summed E-state index contributed by atoms with van der Waals surface area (Å²) in [5.74, 6) is -0.977. The van der Waals surface area contributed by atoms with E-state index in [1.165, 1.54) is 30.9 Å². The van der Waals surface area contributed by atoms with Crippen molar-refractivity contribution in [2.75, 3.05) is 9.03 Å². The quantitative estimate of drug-likeness (QED) is 0.808. The number of aromatic amines is 1. The summed E-state index contributed by atoms with van der Waals surface area (Å²) >= 11 is 0. The summed E-state index contributed by atoms with van der Waals surface area (Å²) < 4.78 is 26.8. The molecule has 0 aliphatic heterocycles. The van der Waals surface area contributed by atoms with Gasteiger partial charge >= 0.3 is 10.2 Å². The van der Waals surface area contributed by atoms with Gasteiger partial charge in [0.05, 0.1) is 0 Å². The van der Waals surface area contributed by atoms with Gasteiger partial charge in [-0.25, -0.2) is 19.7 Å².